The summed E-state index contributed by atoms with van der Waals surface area (Å²) in [6.07, 6.45) is 2.64. The molecule has 1 aliphatic heterocycles. The molecule has 1 saturated heterocycles. The van der Waals surface area contributed by atoms with E-state index in [9.17, 15) is 4.79 Å². The zero-order chi connectivity index (χ0) is 18.0. The van der Waals surface area contributed by atoms with Crippen molar-refractivity contribution in [2.45, 2.75) is 53.0 Å². The summed E-state index contributed by atoms with van der Waals surface area (Å²) in [5.41, 5.74) is 4.50. The Morgan fingerprint density at radius 1 is 1.28 bits per heavy atom. The van der Waals surface area contributed by atoms with Gasteiger partial charge < -0.3 is 10.6 Å². The zero-order valence-electron chi connectivity index (χ0n) is 15.4. The fourth-order valence-corrected chi connectivity index (χ4v) is 3.32. The van der Waals surface area contributed by atoms with Crippen LogP contribution >= 0.6 is 0 Å². The van der Waals surface area contributed by atoms with Crippen molar-refractivity contribution in [3.8, 4) is 5.95 Å². The first kappa shape index (κ1) is 17.5. The maximum Gasteiger partial charge on any atom is 0.251 e. The van der Waals surface area contributed by atoms with Crippen LogP contribution in [0.15, 0.2) is 6.07 Å². The van der Waals surface area contributed by atoms with Crippen LogP contribution in [0.1, 0.15) is 41.2 Å². The van der Waals surface area contributed by atoms with Crippen molar-refractivity contribution >= 4 is 5.91 Å². The number of carbonyl (C=O) groups excluding carboxylic acids is 1. The molecule has 1 unspecified atom stereocenters. The number of carbonyl (C=O) groups is 1. The van der Waals surface area contributed by atoms with Crippen molar-refractivity contribution in [1.82, 2.24) is 30.4 Å². The lowest BCUT2D eigenvalue weighted by atomic mass is 10.1. The number of aryl methyl sites for hydroxylation is 3. The van der Waals surface area contributed by atoms with Crippen LogP contribution in [-0.2, 0) is 11.2 Å². The minimum Gasteiger partial charge on any atom is -0.354 e. The molecule has 1 fully saturated rings. The van der Waals surface area contributed by atoms with Crippen LogP contribution in [-0.4, -0.2) is 44.8 Å². The van der Waals surface area contributed by atoms with Gasteiger partial charge in [0.1, 0.15) is 0 Å². The van der Waals surface area contributed by atoms with E-state index < -0.39 is 0 Å². The number of aromatic nitrogens is 4. The van der Waals surface area contributed by atoms with Crippen molar-refractivity contribution < 1.29 is 4.79 Å². The highest BCUT2D eigenvalue weighted by Crippen LogP contribution is 2.17. The Balaban J connectivity index is 1.74. The number of nitrogens with one attached hydrogen (secondary N) is 2. The van der Waals surface area contributed by atoms with Crippen molar-refractivity contribution in [2.75, 3.05) is 13.1 Å². The monoisotopic (exact) mass is 342 g/mol. The topological polar surface area (TPSA) is 84.7 Å². The van der Waals surface area contributed by atoms with Crippen LogP contribution in [0.4, 0.5) is 0 Å². The highest BCUT2D eigenvalue weighted by atomic mass is 16.1. The lowest BCUT2D eigenvalue weighted by molar-refractivity contribution is -0.120. The predicted octanol–water partition coefficient (Wildman–Crippen LogP) is 1.31. The average molecular weight is 342 g/mol. The molecule has 2 aromatic heterocycles. The van der Waals surface area contributed by atoms with E-state index in [0.717, 1.165) is 41.3 Å². The van der Waals surface area contributed by atoms with Crippen LogP contribution in [0, 0.1) is 27.7 Å². The molecule has 7 heteroatoms. The normalized spacial score (nSPS) is 17.0. The first-order valence-corrected chi connectivity index (χ1v) is 8.82. The number of hydrogen-bond donors (Lipinski definition) is 2. The molecule has 7 nitrogen and oxygen atoms in total. The summed E-state index contributed by atoms with van der Waals surface area (Å²) in [6, 6.07) is 2.33. The first-order chi connectivity index (χ1) is 11.9. The molecule has 0 saturated carbocycles. The first-order valence-electron chi connectivity index (χ1n) is 8.82. The van der Waals surface area contributed by atoms with Gasteiger partial charge in [0.2, 0.25) is 5.91 Å². The predicted molar refractivity (Wildman–Crippen MR) is 95.8 cm³/mol. The minimum atomic E-state index is 0.0285. The molecular weight excluding hydrogens is 316 g/mol. The van der Waals surface area contributed by atoms with Gasteiger partial charge in [0.25, 0.3) is 5.95 Å². The fraction of sp³-hybridized carbons (Fsp3) is 0.556. The molecule has 0 aromatic carbocycles. The van der Waals surface area contributed by atoms with Gasteiger partial charge in [0.05, 0.1) is 12.1 Å². The Labute approximate surface area is 148 Å². The van der Waals surface area contributed by atoms with Gasteiger partial charge in [-0.25, -0.2) is 14.6 Å². The molecule has 1 amide bonds. The summed E-state index contributed by atoms with van der Waals surface area (Å²) >= 11 is 0. The molecule has 1 atom stereocenters. The third-order valence-electron chi connectivity index (χ3n) is 4.65. The Morgan fingerprint density at radius 2 is 2.00 bits per heavy atom. The van der Waals surface area contributed by atoms with Gasteiger partial charge in [0.15, 0.2) is 0 Å². The molecule has 134 valence electrons. The number of nitrogens with zero attached hydrogens (tertiary/aromatic N) is 4. The van der Waals surface area contributed by atoms with Crippen molar-refractivity contribution in [1.29, 1.82) is 0 Å². The average Bonchev–Trinajstić information content (AvgIpc) is 3.15. The molecule has 2 N–H and O–H groups in total. The summed E-state index contributed by atoms with van der Waals surface area (Å²) < 4.78 is 1.73. The number of amides is 1. The second kappa shape index (κ2) is 7.31. The van der Waals surface area contributed by atoms with Gasteiger partial charge in [-0.3, -0.25) is 4.79 Å². The van der Waals surface area contributed by atoms with Crippen LogP contribution < -0.4 is 10.6 Å². The highest BCUT2D eigenvalue weighted by molar-refractivity contribution is 5.79. The van der Waals surface area contributed by atoms with E-state index in [4.69, 9.17) is 0 Å². The zero-order valence-corrected chi connectivity index (χ0v) is 15.4. The van der Waals surface area contributed by atoms with Crippen LogP contribution in [0.2, 0.25) is 0 Å². The molecule has 0 spiro atoms. The summed E-state index contributed by atoms with van der Waals surface area (Å²) in [4.78, 5) is 21.3. The molecule has 3 rings (SSSR count). The highest BCUT2D eigenvalue weighted by Gasteiger charge is 2.19. The van der Waals surface area contributed by atoms with Crippen LogP contribution in [0.3, 0.4) is 0 Å². The van der Waals surface area contributed by atoms with Crippen molar-refractivity contribution in [3.63, 3.8) is 0 Å². The Hall–Kier alpha value is -2.28. The molecule has 0 aliphatic carbocycles. The number of rotatable bonds is 5. The SMILES string of the molecule is Cc1cc(C)nc(-n2nc(C)c(CC(=O)NCC3CCCN3)c2C)n1. The Kier molecular flexibility index (Phi) is 5.13. The Morgan fingerprint density at radius 3 is 2.64 bits per heavy atom. The third kappa shape index (κ3) is 4.04. The van der Waals surface area contributed by atoms with Crippen LogP contribution in [0.25, 0.3) is 5.95 Å². The van der Waals surface area contributed by atoms with Gasteiger partial charge in [-0.15, -0.1) is 0 Å². The molecule has 25 heavy (non-hydrogen) atoms. The molecule has 3 heterocycles. The van der Waals surface area contributed by atoms with E-state index in [-0.39, 0.29) is 5.91 Å². The summed E-state index contributed by atoms with van der Waals surface area (Å²) in [6.45, 7) is 9.49. The van der Waals surface area contributed by atoms with Gasteiger partial charge in [-0.1, -0.05) is 0 Å². The Bertz CT molecular complexity index is 756. The summed E-state index contributed by atoms with van der Waals surface area (Å²) in [5.74, 6) is 0.584. The van der Waals surface area contributed by atoms with Gasteiger partial charge in [0, 0.05) is 35.2 Å². The van der Waals surface area contributed by atoms with E-state index in [1.54, 1.807) is 4.68 Å². The molecular formula is C18H26N6O. The number of hydrogen-bond acceptors (Lipinski definition) is 5. The fourth-order valence-electron chi connectivity index (χ4n) is 3.32. The van der Waals surface area contributed by atoms with E-state index in [1.165, 1.54) is 6.42 Å². The second-order valence-electron chi connectivity index (χ2n) is 6.79. The molecule has 1 aliphatic rings. The largest absolute Gasteiger partial charge is 0.354 e. The standard InChI is InChI=1S/C18H26N6O/c1-11-8-12(2)22-18(21-11)24-14(4)16(13(3)23-24)9-17(25)20-10-15-6-5-7-19-15/h8,15,19H,5-7,9-10H2,1-4H3,(H,20,25). The van der Waals surface area contributed by atoms with Gasteiger partial charge >= 0.3 is 0 Å². The van der Waals surface area contributed by atoms with Gasteiger partial charge in [-0.2, -0.15) is 5.10 Å². The van der Waals surface area contributed by atoms with Crippen molar-refractivity contribution in [3.05, 3.63) is 34.4 Å². The van der Waals surface area contributed by atoms with Crippen LogP contribution in [0.5, 0.6) is 0 Å². The summed E-state index contributed by atoms with van der Waals surface area (Å²) in [5, 5.41) is 11.0. The maximum atomic E-state index is 12.3. The van der Waals surface area contributed by atoms with E-state index in [2.05, 4.69) is 25.7 Å². The lowest BCUT2D eigenvalue weighted by Gasteiger charge is -2.11. The van der Waals surface area contributed by atoms with E-state index in [0.29, 0.717) is 25.0 Å². The lowest BCUT2D eigenvalue weighted by Crippen LogP contribution is -2.37. The summed E-state index contributed by atoms with van der Waals surface area (Å²) in [7, 11) is 0. The molecule has 2 aromatic rings. The smallest absolute Gasteiger partial charge is 0.251 e. The van der Waals surface area contributed by atoms with Gasteiger partial charge in [-0.05, 0) is 53.1 Å². The minimum absolute atomic E-state index is 0.0285. The molecule has 0 radical (unpaired) electrons. The van der Waals surface area contributed by atoms with Crippen molar-refractivity contribution in [2.24, 2.45) is 0 Å². The van der Waals surface area contributed by atoms with E-state index >= 15 is 0 Å². The third-order valence-corrected chi connectivity index (χ3v) is 4.65. The van der Waals surface area contributed by atoms with E-state index in [1.807, 2.05) is 33.8 Å². The quantitative estimate of drug-likeness (QED) is 0.856. The maximum absolute atomic E-state index is 12.3. The molecule has 0 bridgehead atoms. The second-order valence-corrected chi connectivity index (χ2v) is 6.79.